The summed E-state index contributed by atoms with van der Waals surface area (Å²) in [6.45, 7) is 1.19. The highest BCUT2D eigenvalue weighted by Crippen LogP contribution is 2.14. The fourth-order valence-corrected chi connectivity index (χ4v) is 2.41. The SMILES string of the molecule is CN=C(NCc1ccccn1)NCc1ccn(-c2ccc(OC)cc2)n1.I. The molecule has 0 radical (unpaired) electrons. The van der Waals surface area contributed by atoms with Crippen LogP contribution in [0.3, 0.4) is 0 Å². The van der Waals surface area contributed by atoms with E-state index >= 15 is 0 Å². The minimum Gasteiger partial charge on any atom is -0.497 e. The van der Waals surface area contributed by atoms with Crippen LogP contribution in [0.5, 0.6) is 5.75 Å². The Morgan fingerprint density at radius 2 is 1.78 bits per heavy atom. The maximum absolute atomic E-state index is 5.18. The molecule has 2 heterocycles. The number of halogens is 1. The van der Waals surface area contributed by atoms with Gasteiger partial charge in [0.1, 0.15) is 5.75 Å². The summed E-state index contributed by atoms with van der Waals surface area (Å²) in [5.41, 5.74) is 2.86. The quantitative estimate of drug-likeness (QED) is 0.324. The number of pyridine rings is 1. The Hall–Kier alpha value is -2.62. The summed E-state index contributed by atoms with van der Waals surface area (Å²) >= 11 is 0. The van der Waals surface area contributed by atoms with Gasteiger partial charge in [-0.15, -0.1) is 24.0 Å². The third kappa shape index (κ3) is 5.95. The lowest BCUT2D eigenvalue weighted by atomic mass is 10.3. The Kier molecular flexibility index (Phi) is 8.05. The normalized spacial score (nSPS) is 10.8. The van der Waals surface area contributed by atoms with Gasteiger partial charge in [-0.2, -0.15) is 5.10 Å². The molecule has 0 amide bonds. The molecule has 0 aliphatic heterocycles. The average Bonchev–Trinajstić information content (AvgIpc) is 3.18. The second-order valence-electron chi connectivity index (χ2n) is 5.55. The van der Waals surface area contributed by atoms with Crippen LogP contribution >= 0.6 is 24.0 Å². The molecule has 0 bridgehead atoms. The minimum atomic E-state index is 0. The zero-order valence-electron chi connectivity index (χ0n) is 15.3. The number of methoxy groups -OCH3 is 1. The van der Waals surface area contributed by atoms with Crippen LogP contribution in [0.25, 0.3) is 5.69 Å². The summed E-state index contributed by atoms with van der Waals surface area (Å²) < 4.78 is 7.01. The van der Waals surface area contributed by atoms with Gasteiger partial charge in [0.05, 0.1) is 37.3 Å². The van der Waals surface area contributed by atoms with Crippen LogP contribution in [-0.4, -0.2) is 34.9 Å². The van der Waals surface area contributed by atoms with Crippen molar-refractivity contribution in [2.45, 2.75) is 13.1 Å². The van der Waals surface area contributed by atoms with Gasteiger partial charge in [-0.25, -0.2) is 4.68 Å². The molecular formula is C19H23IN6O. The maximum atomic E-state index is 5.18. The molecule has 3 rings (SSSR count). The number of aromatic nitrogens is 3. The number of guanidine groups is 1. The third-order valence-corrected chi connectivity index (χ3v) is 3.80. The number of rotatable bonds is 6. The second kappa shape index (κ2) is 10.5. The molecule has 0 saturated carbocycles. The fourth-order valence-electron chi connectivity index (χ4n) is 2.41. The smallest absolute Gasteiger partial charge is 0.191 e. The molecule has 27 heavy (non-hydrogen) atoms. The van der Waals surface area contributed by atoms with E-state index in [1.165, 1.54) is 0 Å². The highest BCUT2D eigenvalue weighted by atomic mass is 127. The number of aliphatic imine (C=N–C) groups is 1. The molecule has 0 atom stereocenters. The topological polar surface area (TPSA) is 76.4 Å². The van der Waals surface area contributed by atoms with Crippen molar-refractivity contribution in [1.29, 1.82) is 0 Å². The Bertz CT molecular complexity index is 848. The first-order valence-corrected chi connectivity index (χ1v) is 8.32. The van der Waals surface area contributed by atoms with Gasteiger partial charge in [-0.05, 0) is 42.5 Å². The molecule has 2 N–H and O–H groups in total. The van der Waals surface area contributed by atoms with Crippen LogP contribution in [-0.2, 0) is 13.1 Å². The maximum Gasteiger partial charge on any atom is 0.191 e. The van der Waals surface area contributed by atoms with Crippen LogP contribution in [0.1, 0.15) is 11.4 Å². The Labute approximate surface area is 175 Å². The summed E-state index contributed by atoms with van der Waals surface area (Å²) in [4.78, 5) is 8.50. The second-order valence-corrected chi connectivity index (χ2v) is 5.55. The van der Waals surface area contributed by atoms with Crippen molar-refractivity contribution < 1.29 is 4.74 Å². The van der Waals surface area contributed by atoms with Crippen molar-refractivity contribution in [3.8, 4) is 11.4 Å². The van der Waals surface area contributed by atoms with E-state index < -0.39 is 0 Å². The summed E-state index contributed by atoms with van der Waals surface area (Å²) in [5, 5.41) is 11.1. The zero-order chi connectivity index (χ0) is 18.2. The molecule has 8 heteroatoms. The van der Waals surface area contributed by atoms with E-state index in [0.717, 1.165) is 22.8 Å². The molecule has 0 aliphatic rings. The number of ether oxygens (including phenoxy) is 1. The Balaban J connectivity index is 0.00000261. The van der Waals surface area contributed by atoms with Crippen molar-refractivity contribution in [2.24, 2.45) is 4.99 Å². The number of hydrogen-bond acceptors (Lipinski definition) is 4. The highest BCUT2D eigenvalue weighted by Gasteiger charge is 2.04. The summed E-state index contributed by atoms with van der Waals surface area (Å²) in [7, 11) is 3.39. The first-order chi connectivity index (χ1) is 12.8. The number of hydrogen-bond donors (Lipinski definition) is 2. The Morgan fingerprint density at radius 1 is 1.04 bits per heavy atom. The van der Waals surface area contributed by atoms with Gasteiger partial charge in [0.25, 0.3) is 0 Å². The first kappa shape index (κ1) is 20.7. The molecule has 0 aliphatic carbocycles. The van der Waals surface area contributed by atoms with Crippen molar-refractivity contribution in [3.63, 3.8) is 0 Å². The molecule has 1 aromatic carbocycles. The van der Waals surface area contributed by atoms with Gasteiger partial charge in [-0.3, -0.25) is 9.98 Å². The van der Waals surface area contributed by atoms with E-state index in [2.05, 4.69) is 25.7 Å². The monoisotopic (exact) mass is 478 g/mol. The first-order valence-electron chi connectivity index (χ1n) is 8.32. The standard InChI is InChI=1S/C19H22N6O.HI/c1-20-19(22-13-15-5-3-4-11-21-15)23-14-16-10-12-25(24-16)17-6-8-18(26-2)9-7-17;/h3-12H,13-14H2,1-2H3,(H2,20,22,23);1H. The Morgan fingerprint density at radius 3 is 2.41 bits per heavy atom. The minimum absolute atomic E-state index is 0. The van der Waals surface area contributed by atoms with E-state index in [9.17, 15) is 0 Å². The van der Waals surface area contributed by atoms with Crippen LogP contribution in [0, 0.1) is 0 Å². The van der Waals surface area contributed by atoms with Gasteiger partial charge in [0.15, 0.2) is 5.96 Å². The highest BCUT2D eigenvalue weighted by molar-refractivity contribution is 14.0. The van der Waals surface area contributed by atoms with Crippen LogP contribution in [0.15, 0.2) is 65.9 Å². The lowest BCUT2D eigenvalue weighted by molar-refractivity contribution is 0.414. The van der Waals surface area contributed by atoms with Crippen molar-refractivity contribution in [1.82, 2.24) is 25.4 Å². The molecule has 142 valence electrons. The molecule has 0 fully saturated rings. The summed E-state index contributed by atoms with van der Waals surface area (Å²) in [5.74, 6) is 1.53. The number of nitrogens with one attached hydrogen (secondary N) is 2. The zero-order valence-corrected chi connectivity index (χ0v) is 17.6. The van der Waals surface area contributed by atoms with Crippen LogP contribution in [0.2, 0.25) is 0 Å². The van der Waals surface area contributed by atoms with E-state index in [1.54, 1.807) is 20.4 Å². The van der Waals surface area contributed by atoms with E-state index in [1.807, 2.05) is 59.4 Å². The summed E-state index contributed by atoms with van der Waals surface area (Å²) in [6.07, 6.45) is 3.71. The van der Waals surface area contributed by atoms with Gasteiger partial charge in [0, 0.05) is 19.4 Å². The fraction of sp³-hybridized carbons (Fsp3) is 0.211. The molecule has 3 aromatic rings. The lowest BCUT2D eigenvalue weighted by Crippen LogP contribution is -2.36. The van der Waals surface area contributed by atoms with Crippen molar-refractivity contribution in [2.75, 3.05) is 14.2 Å². The number of nitrogens with zero attached hydrogens (tertiary/aromatic N) is 4. The van der Waals surface area contributed by atoms with Crippen molar-refractivity contribution >= 4 is 29.9 Å². The molecule has 2 aromatic heterocycles. The van der Waals surface area contributed by atoms with Gasteiger partial charge in [0.2, 0.25) is 0 Å². The van der Waals surface area contributed by atoms with Gasteiger partial charge >= 0.3 is 0 Å². The van der Waals surface area contributed by atoms with Crippen LogP contribution in [0.4, 0.5) is 0 Å². The lowest BCUT2D eigenvalue weighted by Gasteiger charge is -2.10. The summed E-state index contributed by atoms with van der Waals surface area (Å²) in [6, 6.07) is 15.6. The molecular weight excluding hydrogens is 455 g/mol. The molecule has 0 spiro atoms. The molecule has 7 nitrogen and oxygen atoms in total. The predicted molar refractivity (Wildman–Crippen MR) is 117 cm³/mol. The van der Waals surface area contributed by atoms with E-state index in [-0.39, 0.29) is 24.0 Å². The van der Waals surface area contributed by atoms with Crippen molar-refractivity contribution in [3.05, 3.63) is 72.3 Å². The molecule has 0 saturated heterocycles. The van der Waals surface area contributed by atoms with E-state index in [4.69, 9.17) is 4.74 Å². The van der Waals surface area contributed by atoms with E-state index in [0.29, 0.717) is 19.0 Å². The predicted octanol–water partition coefficient (Wildman–Crippen LogP) is 2.76. The third-order valence-electron chi connectivity index (χ3n) is 3.80. The largest absolute Gasteiger partial charge is 0.497 e. The van der Waals surface area contributed by atoms with Crippen LogP contribution < -0.4 is 15.4 Å². The average molecular weight is 478 g/mol. The molecule has 0 unspecified atom stereocenters. The van der Waals surface area contributed by atoms with Gasteiger partial charge < -0.3 is 15.4 Å². The number of benzene rings is 1. The van der Waals surface area contributed by atoms with Gasteiger partial charge in [-0.1, -0.05) is 6.07 Å².